The number of hydrogen-bond acceptors (Lipinski definition) is 4. The molecule has 0 radical (unpaired) electrons. The summed E-state index contributed by atoms with van der Waals surface area (Å²) in [5.74, 6) is 0.0189. The Morgan fingerprint density at radius 2 is 1.89 bits per heavy atom. The van der Waals surface area contributed by atoms with Crippen molar-refractivity contribution in [2.45, 2.75) is 19.4 Å². The van der Waals surface area contributed by atoms with Crippen LogP contribution < -0.4 is 5.32 Å². The molecule has 28 heavy (non-hydrogen) atoms. The molecule has 0 saturated heterocycles. The van der Waals surface area contributed by atoms with Gasteiger partial charge in [0.25, 0.3) is 5.91 Å². The van der Waals surface area contributed by atoms with Gasteiger partial charge in [0.05, 0.1) is 12.6 Å². The summed E-state index contributed by atoms with van der Waals surface area (Å²) in [5, 5.41) is 4.81. The number of benzene rings is 2. The predicted molar refractivity (Wildman–Crippen MR) is 107 cm³/mol. The van der Waals surface area contributed by atoms with Crippen LogP contribution in [0.1, 0.15) is 23.0 Å². The summed E-state index contributed by atoms with van der Waals surface area (Å²) < 4.78 is 12.0. The first kappa shape index (κ1) is 17.9. The molecular weight excluding hydrogens is 356 g/mol. The molecule has 1 N–H and O–H groups in total. The van der Waals surface area contributed by atoms with Crippen molar-refractivity contribution in [1.82, 2.24) is 9.88 Å². The van der Waals surface area contributed by atoms with Crippen LogP contribution in [-0.4, -0.2) is 29.7 Å². The molecule has 0 aliphatic heterocycles. The Kier molecular flexibility index (Phi) is 4.61. The molecule has 2 aromatic heterocycles. The van der Waals surface area contributed by atoms with Gasteiger partial charge in [-0.05, 0) is 37.1 Å². The van der Waals surface area contributed by atoms with Gasteiger partial charge < -0.3 is 14.5 Å². The van der Waals surface area contributed by atoms with Crippen LogP contribution in [0.4, 0.5) is 4.79 Å². The molecule has 0 aliphatic carbocycles. The Balaban J connectivity index is 1.54. The van der Waals surface area contributed by atoms with E-state index in [0.29, 0.717) is 12.0 Å². The number of carbonyl (C=O) groups excluding carboxylic acids is 2. The van der Waals surface area contributed by atoms with Crippen LogP contribution in [-0.2, 0) is 11.2 Å². The van der Waals surface area contributed by atoms with E-state index in [1.165, 1.54) is 11.7 Å². The van der Waals surface area contributed by atoms with E-state index in [1.54, 1.807) is 12.3 Å². The molecule has 0 bridgehead atoms. The Bertz CT molecular complexity index is 1140. The number of nitrogens with one attached hydrogen (secondary N) is 1. The van der Waals surface area contributed by atoms with Crippen LogP contribution in [0.5, 0.6) is 0 Å². The summed E-state index contributed by atoms with van der Waals surface area (Å²) in [4.78, 5) is 24.6. The van der Waals surface area contributed by atoms with E-state index in [1.807, 2.05) is 55.5 Å². The van der Waals surface area contributed by atoms with E-state index < -0.39 is 6.09 Å². The number of ether oxygens (including phenoxy) is 1. The van der Waals surface area contributed by atoms with Gasteiger partial charge in [-0.3, -0.25) is 9.36 Å². The lowest BCUT2D eigenvalue weighted by Crippen LogP contribution is -2.33. The van der Waals surface area contributed by atoms with E-state index in [2.05, 4.69) is 5.32 Å². The number of hydrogen-bond donors (Lipinski definition) is 1. The van der Waals surface area contributed by atoms with Crippen molar-refractivity contribution < 1.29 is 18.7 Å². The summed E-state index contributed by atoms with van der Waals surface area (Å²) in [6, 6.07) is 16.7. The van der Waals surface area contributed by atoms with Crippen molar-refractivity contribution in [3.63, 3.8) is 0 Å². The van der Waals surface area contributed by atoms with Crippen LogP contribution >= 0.6 is 0 Å². The summed E-state index contributed by atoms with van der Waals surface area (Å²) in [5.41, 5.74) is 2.42. The minimum Gasteiger partial charge on any atom is -0.452 e. The number of methoxy groups -OCH3 is 1. The topological polar surface area (TPSA) is 73.5 Å². The van der Waals surface area contributed by atoms with Crippen molar-refractivity contribution in [3.05, 3.63) is 72.1 Å². The second-order valence-corrected chi connectivity index (χ2v) is 6.74. The first-order valence-corrected chi connectivity index (χ1v) is 9.03. The molecule has 1 amide bonds. The fraction of sp³-hybridized carbons (Fsp3) is 0.182. The molecule has 1 atom stereocenters. The number of nitrogens with zero attached hydrogens (tertiary/aromatic N) is 1. The summed E-state index contributed by atoms with van der Waals surface area (Å²) in [6.45, 7) is 1.92. The second-order valence-electron chi connectivity index (χ2n) is 6.74. The van der Waals surface area contributed by atoms with Gasteiger partial charge in [0.1, 0.15) is 5.58 Å². The molecule has 6 nitrogen and oxygen atoms in total. The molecule has 0 aliphatic rings. The van der Waals surface area contributed by atoms with Crippen molar-refractivity contribution in [3.8, 4) is 0 Å². The van der Waals surface area contributed by atoms with E-state index in [4.69, 9.17) is 9.15 Å². The first-order chi connectivity index (χ1) is 13.6. The third-order valence-electron chi connectivity index (χ3n) is 4.72. The largest absolute Gasteiger partial charge is 0.452 e. The highest BCUT2D eigenvalue weighted by Crippen LogP contribution is 2.23. The standard InChI is InChI=1S/C22H20N2O4/c1-14(23-21(25)20-12-15-7-3-6-10-19(15)28-20)11-16-13-24(22(26)27-2)18-9-5-4-8-17(16)18/h3-10,12-14H,11H2,1-2H3,(H,23,25)/t14-/m1/s1. The monoisotopic (exact) mass is 376 g/mol. The van der Waals surface area contributed by atoms with Crippen LogP contribution in [0.15, 0.2) is 65.2 Å². The summed E-state index contributed by atoms with van der Waals surface area (Å²) in [6.07, 6.45) is 1.89. The molecule has 2 heterocycles. The van der Waals surface area contributed by atoms with Gasteiger partial charge in [-0.15, -0.1) is 0 Å². The maximum absolute atomic E-state index is 12.6. The zero-order valence-electron chi connectivity index (χ0n) is 15.6. The third kappa shape index (κ3) is 3.24. The Labute approximate surface area is 161 Å². The lowest BCUT2D eigenvalue weighted by molar-refractivity contribution is 0.0914. The van der Waals surface area contributed by atoms with Crippen LogP contribution in [0, 0.1) is 0 Å². The van der Waals surface area contributed by atoms with Gasteiger partial charge in [-0.1, -0.05) is 36.4 Å². The molecular formula is C22H20N2O4. The van der Waals surface area contributed by atoms with Crippen LogP contribution in [0.2, 0.25) is 0 Å². The Morgan fingerprint density at radius 3 is 2.68 bits per heavy atom. The van der Waals surface area contributed by atoms with E-state index in [-0.39, 0.29) is 17.7 Å². The normalized spacial score (nSPS) is 12.2. The third-order valence-corrected chi connectivity index (χ3v) is 4.72. The molecule has 4 rings (SSSR count). The zero-order valence-corrected chi connectivity index (χ0v) is 15.6. The molecule has 2 aromatic carbocycles. The van der Waals surface area contributed by atoms with E-state index >= 15 is 0 Å². The maximum Gasteiger partial charge on any atom is 0.418 e. The zero-order chi connectivity index (χ0) is 19.7. The molecule has 142 valence electrons. The Hall–Kier alpha value is -3.54. The van der Waals surface area contributed by atoms with Gasteiger partial charge in [-0.25, -0.2) is 4.79 Å². The second kappa shape index (κ2) is 7.23. The quantitative estimate of drug-likeness (QED) is 0.574. The highest BCUT2D eigenvalue weighted by Gasteiger charge is 2.18. The minimum absolute atomic E-state index is 0.155. The van der Waals surface area contributed by atoms with E-state index in [0.717, 1.165) is 21.9 Å². The first-order valence-electron chi connectivity index (χ1n) is 9.03. The number of furan rings is 1. The predicted octanol–water partition coefficient (Wildman–Crippen LogP) is 4.36. The molecule has 0 saturated carbocycles. The number of aromatic nitrogens is 1. The van der Waals surface area contributed by atoms with Crippen LogP contribution in [0.3, 0.4) is 0 Å². The van der Waals surface area contributed by atoms with Gasteiger partial charge in [-0.2, -0.15) is 0 Å². The number of fused-ring (bicyclic) bond motifs is 2. The van der Waals surface area contributed by atoms with Crippen molar-refractivity contribution in [1.29, 1.82) is 0 Å². The highest BCUT2D eigenvalue weighted by molar-refractivity contribution is 5.96. The number of carbonyl (C=O) groups is 2. The molecule has 0 spiro atoms. The minimum atomic E-state index is -0.443. The van der Waals surface area contributed by atoms with Crippen molar-refractivity contribution in [2.24, 2.45) is 0 Å². The van der Waals surface area contributed by atoms with Crippen molar-refractivity contribution in [2.75, 3.05) is 7.11 Å². The summed E-state index contributed by atoms with van der Waals surface area (Å²) in [7, 11) is 1.35. The van der Waals surface area contributed by atoms with Crippen LogP contribution in [0.25, 0.3) is 21.9 Å². The van der Waals surface area contributed by atoms with Gasteiger partial charge in [0.15, 0.2) is 5.76 Å². The fourth-order valence-electron chi connectivity index (χ4n) is 3.43. The number of amides is 1. The molecule has 0 fully saturated rings. The Morgan fingerprint density at radius 1 is 1.14 bits per heavy atom. The average molecular weight is 376 g/mol. The molecule has 4 aromatic rings. The summed E-state index contributed by atoms with van der Waals surface area (Å²) >= 11 is 0. The molecule has 6 heteroatoms. The van der Waals surface area contributed by atoms with E-state index in [9.17, 15) is 9.59 Å². The maximum atomic E-state index is 12.6. The smallest absolute Gasteiger partial charge is 0.418 e. The average Bonchev–Trinajstić information content (AvgIpc) is 3.29. The van der Waals surface area contributed by atoms with Gasteiger partial charge >= 0.3 is 6.09 Å². The molecule has 0 unspecified atom stereocenters. The van der Waals surface area contributed by atoms with Crippen molar-refractivity contribution >= 4 is 33.9 Å². The lowest BCUT2D eigenvalue weighted by atomic mass is 10.1. The van der Waals surface area contributed by atoms with Gasteiger partial charge in [0.2, 0.25) is 0 Å². The SMILES string of the molecule is COC(=O)n1cc(C[C@@H](C)NC(=O)c2cc3ccccc3o2)c2ccccc21. The fourth-order valence-corrected chi connectivity index (χ4v) is 3.43. The van der Waals surface area contributed by atoms with Gasteiger partial charge in [0, 0.05) is 23.0 Å². The highest BCUT2D eigenvalue weighted by atomic mass is 16.5. The lowest BCUT2D eigenvalue weighted by Gasteiger charge is -2.12. The number of para-hydroxylation sites is 2. The number of rotatable bonds is 4.